The Morgan fingerprint density at radius 2 is 1.79 bits per heavy atom. The maximum atomic E-state index is 13.2. The number of thiophene rings is 1. The van der Waals surface area contributed by atoms with Gasteiger partial charge in [0.05, 0.1) is 5.69 Å². The van der Waals surface area contributed by atoms with E-state index in [1.807, 2.05) is 29.6 Å². The zero-order chi connectivity index (χ0) is 16.7. The van der Waals surface area contributed by atoms with Gasteiger partial charge in [-0.15, -0.1) is 11.3 Å². The van der Waals surface area contributed by atoms with Gasteiger partial charge in [0, 0.05) is 33.2 Å². The summed E-state index contributed by atoms with van der Waals surface area (Å²) in [7, 11) is 0. The lowest BCUT2D eigenvalue weighted by molar-refractivity contribution is -0.116. The average molecular weight is 358 g/mol. The first kappa shape index (κ1) is 15.4. The Balaban J connectivity index is 1.80. The van der Waals surface area contributed by atoms with Crippen LogP contribution in [0.2, 0.25) is 5.02 Å². The second-order valence-corrected chi connectivity index (χ2v) is 7.10. The van der Waals surface area contributed by atoms with Gasteiger partial charge >= 0.3 is 0 Å². The molecule has 0 saturated carbocycles. The van der Waals surface area contributed by atoms with Crippen LogP contribution in [0, 0.1) is 5.82 Å². The molecule has 1 aromatic heterocycles. The number of fused-ring (bicyclic) bond motifs is 1. The first-order chi connectivity index (χ1) is 11.6. The fourth-order valence-electron chi connectivity index (χ4n) is 3.03. The van der Waals surface area contributed by atoms with Crippen molar-refractivity contribution in [2.75, 3.05) is 5.32 Å². The molecule has 0 bridgehead atoms. The summed E-state index contributed by atoms with van der Waals surface area (Å²) >= 11 is 7.59. The van der Waals surface area contributed by atoms with E-state index < -0.39 is 0 Å². The molecular formula is C19H13ClFNOS. The summed E-state index contributed by atoms with van der Waals surface area (Å²) < 4.78 is 13.2. The van der Waals surface area contributed by atoms with Crippen LogP contribution in [0.1, 0.15) is 22.8 Å². The Morgan fingerprint density at radius 3 is 2.50 bits per heavy atom. The second kappa shape index (κ2) is 6.04. The molecule has 4 rings (SSSR count). The lowest BCUT2D eigenvalue weighted by atomic mass is 9.89. The average Bonchev–Trinajstić information content (AvgIpc) is 2.99. The maximum absolute atomic E-state index is 13.2. The van der Waals surface area contributed by atoms with Gasteiger partial charge in [-0.3, -0.25) is 4.79 Å². The maximum Gasteiger partial charge on any atom is 0.225 e. The minimum absolute atomic E-state index is 0.00999. The number of carbonyl (C=O) groups is 1. The van der Waals surface area contributed by atoms with E-state index in [9.17, 15) is 9.18 Å². The number of nitrogens with one attached hydrogen (secondary N) is 1. The highest BCUT2D eigenvalue weighted by Crippen LogP contribution is 2.46. The zero-order valence-corrected chi connectivity index (χ0v) is 14.1. The number of benzene rings is 2. The third-order valence-electron chi connectivity index (χ3n) is 4.22. The molecule has 0 fully saturated rings. The fourth-order valence-corrected chi connectivity index (χ4v) is 4.32. The SMILES string of the molecule is O=C1C[C@H](c2ccc(Cl)cc2)c2scc(-c3ccc(F)cc3)c2N1. The molecule has 24 heavy (non-hydrogen) atoms. The summed E-state index contributed by atoms with van der Waals surface area (Å²) in [5.74, 6) is -0.264. The molecule has 120 valence electrons. The molecule has 2 aromatic carbocycles. The largest absolute Gasteiger partial charge is 0.325 e. The predicted octanol–water partition coefficient (Wildman–Crippen LogP) is 5.68. The van der Waals surface area contributed by atoms with Crippen molar-refractivity contribution in [3.05, 3.63) is 75.2 Å². The Bertz CT molecular complexity index is 902. The topological polar surface area (TPSA) is 29.1 Å². The molecular weight excluding hydrogens is 345 g/mol. The number of anilines is 1. The Kier molecular flexibility index (Phi) is 3.87. The number of halogens is 2. The van der Waals surface area contributed by atoms with Gasteiger partial charge in [-0.2, -0.15) is 0 Å². The highest BCUT2D eigenvalue weighted by molar-refractivity contribution is 7.11. The third-order valence-corrected chi connectivity index (χ3v) is 5.57. The summed E-state index contributed by atoms with van der Waals surface area (Å²) in [4.78, 5) is 13.3. The van der Waals surface area contributed by atoms with Gasteiger partial charge in [0.15, 0.2) is 0 Å². The predicted molar refractivity (Wildman–Crippen MR) is 96.3 cm³/mol. The van der Waals surface area contributed by atoms with Crippen LogP contribution in [0.5, 0.6) is 0 Å². The van der Waals surface area contributed by atoms with E-state index >= 15 is 0 Å². The lowest BCUT2D eigenvalue weighted by Gasteiger charge is -2.24. The summed E-state index contributed by atoms with van der Waals surface area (Å²) in [5, 5.41) is 5.68. The summed E-state index contributed by atoms with van der Waals surface area (Å²) in [6.45, 7) is 0. The van der Waals surface area contributed by atoms with Crippen molar-refractivity contribution in [2.45, 2.75) is 12.3 Å². The number of hydrogen-bond acceptors (Lipinski definition) is 2. The van der Waals surface area contributed by atoms with Crippen molar-refractivity contribution in [1.82, 2.24) is 0 Å². The Labute approximate surface area is 147 Å². The molecule has 0 radical (unpaired) electrons. The summed E-state index contributed by atoms with van der Waals surface area (Å²) in [6.07, 6.45) is 0.415. The van der Waals surface area contributed by atoms with Crippen molar-refractivity contribution >= 4 is 34.5 Å². The van der Waals surface area contributed by atoms with E-state index in [2.05, 4.69) is 5.32 Å². The van der Waals surface area contributed by atoms with Gasteiger partial charge in [0.2, 0.25) is 5.91 Å². The van der Waals surface area contributed by atoms with Crippen LogP contribution in [0.3, 0.4) is 0 Å². The van der Waals surface area contributed by atoms with E-state index in [-0.39, 0.29) is 17.6 Å². The number of carbonyl (C=O) groups excluding carboxylic acids is 1. The Morgan fingerprint density at radius 1 is 1.08 bits per heavy atom. The molecule has 0 aliphatic carbocycles. The summed E-state index contributed by atoms with van der Waals surface area (Å²) in [6, 6.07) is 13.9. The molecule has 1 atom stereocenters. The molecule has 2 heterocycles. The van der Waals surface area contributed by atoms with Gasteiger partial charge in [-0.1, -0.05) is 35.9 Å². The molecule has 0 unspecified atom stereocenters. The van der Waals surface area contributed by atoms with Crippen molar-refractivity contribution in [3.8, 4) is 11.1 Å². The lowest BCUT2D eigenvalue weighted by Crippen LogP contribution is -2.22. The fraction of sp³-hybridized carbons (Fsp3) is 0.105. The van der Waals surface area contributed by atoms with Crippen LogP contribution in [0.15, 0.2) is 53.9 Å². The minimum Gasteiger partial charge on any atom is -0.325 e. The van der Waals surface area contributed by atoms with E-state index in [4.69, 9.17) is 11.6 Å². The molecule has 3 aromatic rings. The van der Waals surface area contributed by atoms with Crippen LogP contribution in [0.25, 0.3) is 11.1 Å². The van der Waals surface area contributed by atoms with Crippen LogP contribution < -0.4 is 5.32 Å². The molecule has 0 saturated heterocycles. The smallest absolute Gasteiger partial charge is 0.225 e. The quantitative estimate of drug-likeness (QED) is 0.628. The standard InChI is InChI=1S/C19H13ClFNOS/c20-13-5-1-11(2-6-13)15-9-17(23)22-18-16(10-24-19(15)18)12-3-7-14(21)8-4-12/h1-8,10,15H,9H2,(H,22,23)/t15-/m1/s1. The van der Waals surface area contributed by atoms with Crippen LogP contribution >= 0.6 is 22.9 Å². The molecule has 1 aliphatic rings. The molecule has 1 N–H and O–H groups in total. The molecule has 5 heteroatoms. The van der Waals surface area contributed by atoms with Gasteiger partial charge in [-0.25, -0.2) is 4.39 Å². The van der Waals surface area contributed by atoms with Gasteiger partial charge in [0.25, 0.3) is 0 Å². The van der Waals surface area contributed by atoms with E-state index in [1.165, 1.54) is 12.1 Å². The van der Waals surface area contributed by atoms with Gasteiger partial charge in [-0.05, 0) is 35.4 Å². The van der Waals surface area contributed by atoms with Crippen molar-refractivity contribution in [2.24, 2.45) is 0 Å². The van der Waals surface area contributed by atoms with Crippen LogP contribution in [-0.2, 0) is 4.79 Å². The van der Waals surface area contributed by atoms with E-state index in [0.29, 0.717) is 11.4 Å². The zero-order valence-electron chi connectivity index (χ0n) is 12.6. The first-order valence-corrected chi connectivity index (χ1v) is 8.80. The normalized spacial score (nSPS) is 16.6. The van der Waals surface area contributed by atoms with E-state index in [0.717, 1.165) is 27.3 Å². The second-order valence-electron chi connectivity index (χ2n) is 5.75. The molecule has 2 nitrogen and oxygen atoms in total. The van der Waals surface area contributed by atoms with Crippen molar-refractivity contribution in [3.63, 3.8) is 0 Å². The number of rotatable bonds is 2. The number of hydrogen-bond donors (Lipinski definition) is 1. The molecule has 1 amide bonds. The monoisotopic (exact) mass is 357 g/mol. The first-order valence-electron chi connectivity index (χ1n) is 7.54. The van der Waals surface area contributed by atoms with Gasteiger partial charge in [0.1, 0.15) is 5.82 Å². The van der Waals surface area contributed by atoms with Crippen molar-refractivity contribution < 1.29 is 9.18 Å². The van der Waals surface area contributed by atoms with Gasteiger partial charge < -0.3 is 5.32 Å². The molecule has 0 spiro atoms. The number of amides is 1. The third kappa shape index (κ3) is 2.72. The van der Waals surface area contributed by atoms with Crippen molar-refractivity contribution in [1.29, 1.82) is 0 Å². The van der Waals surface area contributed by atoms with E-state index in [1.54, 1.807) is 23.5 Å². The molecule has 1 aliphatic heterocycles. The minimum atomic E-state index is -0.272. The highest BCUT2D eigenvalue weighted by Gasteiger charge is 2.30. The highest BCUT2D eigenvalue weighted by atomic mass is 35.5. The van der Waals surface area contributed by atoms with Crippen LogP contribution in [0.4, 0.5) is 10.1 Å². The summed E-state index contributed by atoms with van der Waals surface area (Å²) in [5.41, 5.74) is 3.73. The Hall–Kier alpha value is -2.17. The van der Waals surface area contributed by atoms with Crippen LogP contribution in [-0.4, -0.2) is 5.91 Å².